The van der Waals surface area contributed by atoms with Gasteiger partial charge in [-0.2, -0.15) is 0 Å². The first-order chi connectivity index (χ1) is 30.1. The van der Waals surface area contributed by atoms with Crippen LogP contribution in [0.15, 0.2) is 85.0 Å². The predicted molar refractivity (Wildman–Crippen MR) is 258 cm³/mol. The normalized spacial score (nSPS) is 16.8. The maximum atomic E-state index is 14.0. The second kappa shape index (κ2) is 27.6. The Morgan fingerprint density at radius 2 is 0.844 bits per heavy atom. The van der Waals surface area contributed by atoms with Crippen LogP contribution in [0.1, 0.15) is 104 Å². The zero-order valence-electron chi connectivity index (χ0n) is 41.8. The molecule has 0 spiro atoms. The molecule has 0 aliphatic carbocycles. The smallest absolute Gasteiger partial charge is 0.340 e. The van der Waals surface area contributed by atoms with E-state index in [1.165, 1.54) is 14.2 Å². The van der Waals surface area contributed by atoms with Crippen molar-refractivity contribution in [2.75, 3.05) is 42.0 Å². The standard InChI is InChI=1S/C50H82O12Si2/c1-17-25-39(57-35-53-9)41(59-47(51)45(55-11)37-27-21-19-22-28-37)31-33-43(61-63(13,14)49(3,4)5)44(62-64(15,16)50(6,7)8)34-32-42(40(26-18-2)58-36-54-10)60-48(52)46(56-12)38-29-23-20-24-30-38/h17-30,39-46H,31-36H2,1-16H3/b25-17+,26-18+/t39-,40-,41+,42+,43+,44+,45?,46?/m0/s1. The summed E-state index contributed by atoms with van der Waals surface area (Å²) < 4.78 is 62.0. The topological polar surface area (TPSA) is 126 Å². The van der Waals surface area contributed by atoms with Crippen molar-refractivity contribution < 1.29 is 56.3 Å². The van der Waals surface area contributed by atoms with E-state index >= 15 is 0 Å². The van der Waals surface area contributed by atoms with Gasteiger partial charge in [0.25, 0.3) is 0 Å². The first-order valence-corrected chi connectivity index (χ1v) is 28.3. The summed E-state index contributed by atoms with van der Waals surface area (Å²) in [6.07, 6.45) is 3.48. The summed E-state index contributed by atoms with van der Waals surface area (Å²) in [6, 6.07) is 18.6. The highest BCUT2D eigenvalue weighted by Crippen LogP contribution is 2.42. The minimum Gasteiger partial charge on any atom is -0.457 e. The van der Waals surface area contributed by atoms with Crippen LogP contribution in [-0.2, 0) is 56.3 Å². The number of benzene rings is 2. The largest absolute Gasteiger partial charge is 0.457 e. The van der Waals surface area contributed by atoms with Crippen LogP contribution in [-0.4, -0.2) is 107 Å². The minimum absolute atomic E-state index is 0.0106. The molecule has 0 heterocycles. The van der Waals surface area contributed by atoms with Gasteiger partial charge in [-0.15, -0.1) is 0 Å². The van der Waals surface area contributed by atoms with Crippen molar-refractivity contribution in [3.63, 3.8) is 0 Å². The van der Waals surface area contributed by atoms with Gasteiger partial charge in [0, 0.05) is 28.4 Å². The molecule has 0 saturated carbocycles. The third-order valence-corrected chi connectivity index (χ3v) is 21.3. The Morgan fingerprint density at radius 1 is 0.531 bits per heavy atom. The van der Waals surface area contributed by atoms with Gasteiger partial charge in [0.1, 0.15) is 38.0 Å². The molecule has 12 nitrogen and oxygen atoms in total. The van der Waals surface area contributed by atoms with Crippen molar-refractivity contribution in [3.05, 3.63) is 96.1 Å². The third kappa shape index (κ3) is 18.0. The van der Waals surface area contributed by atoms with Crippen molar-refractivity contribution in [2.45, 2.75) is 166 Å². The molecular weight excluding hydrogens is 849 g/mol. The highest BCUT2D eigenvalue weighted by molar-refractivity contribution is 6.74. The molecule has 8 atom stereocenters. The Hall–Kier alpha value is -3.03. The fourth-order valence-electron chi connectivity index (χ4n) is 6.65. The summed E-state index contributed by atoms with van der Waals surface area (Å²) in [4.78, 5) is 28.1. The molecule has 0 aromatic heterocycles. The summed E-state index contributed by atoms with van der Waals surface area (Å²) in [6.45, 7) is 26.0. The minimum atomic E-state index is -2.49. The van der Waals surface area contributed by atoms with Crippen molar-refractivity contribution in [1.82, 2.24) is 0 Å². The highest BCUT2D eigenvalue weighted by Gasteiger charge is 2.46. The number of esters is 2. The second-order valence-electron chi connectivity index (χ2n) is 19.1. The SMILES string of the molecule is C/C=C/[C@H](OCOC)[C@@H](CC[C@@H](O[Si](C)(C)C(C)(C)C)[C@@H](CC[C@@H](OC(=O)C(OC)c1ccccc1)[C@H](/C=C/C)OCOC)O[Si](C)(C)C(C)(C)C)OC(=O)C(OC)c1ccccc1. The second-order valence-corrected chi connectivity index (χ2v) is 28.6. The van der Waals surface area contributed by atoms with Crippen molar-refractivity contribution in [2.24, 2.45) is 0 Å². The fraction of sp³-hybridized carbons (Fsp3) is 0.640. The van der Waals surface area contributed by atoms with Gasteiger partial charge in [0.15, 0.2) is 28.8 Å². The van der Waals surface area contributed by atoms with E-state index in [0.717, 1.165) is 0 Å². The molecule has 64 heavy (non-hydrogen) atoms. The average Bonchev–Trinajstić information content (AvgIpc) is 3.23. The lowest BCUT2D eigenvalue weighted by Crippen LogP contribution is -2.52. The molecule has 2 unspecified atom stereocenters. The van der Waals surface area contributed by atoms with Gasteiger partial charge in [-0.1, -0.05) is 127 Å². The predicted octanol–water partition coefficient (Wildman–Crippen LogP) is 11.1. The van der Waals surface area contributed by atoms with Gasteiger partial charge in [0.2, 0.25) is 0 Å². The lowest BCUT2D eigenvalue weighted by atomic mass is 9.97. The van der Waals surface area contributed by atoms with Crippen molar-refractivity contribution in [1.29, 1.82) is 0 Å². The summed E-state index contributed by atoms with van der Waals surface area (Å²) in [5, 5.41) is -0.296. The molecular formula is C50H82O12Si2. The van der Waals surface area contributed by atoms with E-state index in [1.54, 1.807) is 14.2 Å². The van der Waals surface area contributed by atoms with Crippen LogP contribution in [0.4, 0.5) is 0 Å². The molecule has 0 amide bonds. The Balaban J connectivity index is 2.76. The van der Waals surface area contributed by atoms with Gasteiger partial charge in [0.05, 0.1) is 12.2 Å². The third-order valence-electron chi connectivity index (χ3n) is 12.3. The average molecular weight is 931 g/mol. The number of ether oxygens (including phenoxy) is 8. The van der Waals surface area contributed by atoms with E-state index in [4.69, 9.17) is 46.7 Å². The molecule has 0 aliphatic rings. The van der Waals surface area contributed by atoms with Crippen LogP contribution in [0.2, 0.25) is 36.3 Å². The van der Waals surface area contributed by atoms with Gasteiger partial charge in [-0.05, 0) is 86.9 Å². The van der Waals surface area contributed by atoms with Gasteiger partial charge < -0.3 is 46.7 Å². The Bertz CT molecular complexity index is 1550. The molecule has 0 aliphatic heterocycles. The molecule has 0 bridgehead atoms. The molecule has 0 fully saturated rings. The van der Waals surface area contributed by atoms with E-state index in [0.29, 0.717) is 36.8 Å². The number of hydrogen-bond donors (Lipinski definition) is 0. The lowest BCUT2D eigenvalue weighted by Gasteiger charge is -2.46. The van der Waals surface area contributed by atoms with Crippen LogP contribution in [0.5, 0.6) is 0 Å². The number of carbonyl (C=O) groups excluding carboxylic acids is 2. The van der Waals surface area contributed by atoms with Crippen LogP contribution in [0, 0.1) is 0 Å². The van der Waals surface area contributed by atoms with E-state index in [-0.39, 0.29) is 23.7 Å². The number of carbonyl (C=O) groups is 2. The van der Waals surface area contributed by atoms with Gasteiger partial charge >= 0.3 is 11.9 Å². The summed E-state index contributed by atoms with van der Waals surface area (Å²) in [5.41, 5.74) is 1.36. The Morgan fingerprint density at radius 3 is 1.11 bits per heavy atom. The van der Waals surface area contributed by atoms with Crippen molar-refractivity contribution >= 4 is 28.6 Å². The first kappa shape index (κ1) is 57.1. The van der Waals surface area contributed by atoms with Crippen molar-refractivity contribution in [3.8, 4) is 0 Å². The highest BCUT2D eigenvalue weighted by atomic mass is 28.4. The molecule has 362 valence electrons. The fourth-order valence-corrected chi connectivity index (χ4v) is 9.41. The van der Waals surface area contributed by atoms with E-state index in [2.05, 4.69) is 67.7 Å². The molecule has 2 aromatic carbocycles. The molecule has 0 saturated heterocycles. The Kier molecular flexibility index (Phi) is 24.6. The van der Waals surface area contributed by atoms with Gasteiger partial charge in [-0.25, -0.2) is 9.59 Å². The summed E-state index contributed by atoms with van der Waals surface area (Å²) in [7, 11) is 1.11. The van der Waals surface area contributed by atoms with Crippen LogP contribution in [0.25, 0.3) is 0 Å². The lowest BCUT2D eigenvalue weighted by molar-refractivity contribution is -0.174. The maximum Gasteiger partial charge on any atom is 0.340 e. The molecule has 0 N–H and O–H groups in total. The molecule has 14 heteroatoms. The van der Waals surface area contributed by atoms with Crippen LogP contribution >= 0.6 is 0 Å². The van der Waals surface area contributed by atoms with Gasteiger partial charge in [-0.3, -0.25) is 0 Å². The summed E-state index contributed by atoms with van der Waals surface area (Å²) in [5.74, 6) is -1.07. The van der Waals surface area contributed by atoms with E-state index < -0.39 is 77.4 Å². The molecule has 0 radical (unpaired) electrons. The number of hydrogen-bond acceptors (Lipinski definition) is 12. The van der Waals surface area contributed by atoms with Crippen LogP contribution < -0.4 is 0 Å². The number of rotatable bonds is 29. The quantitative estimate of drug-likeness (QED) is 0.0333. The monoisotopic (exact) mass is 931 g/mol. The zero-order valence-corrected chi connectivity index (χ0v) is 43.8. The zero-order chi connectivity index (χ0) is 48.1. The van der Waals surface area contributed by atoms with E-state index in [9.17, 15) is 9.59 Å². The first-order valence-electron chi connectivity index (χ1n) is 22.5. The molecule has 2 rings (SSSR count). The summed E-state index contributed by atoms with van der Waals surface area (Å²) >= 11 is 0. The van der Waals surface area contributed by atoms with E-state index in [1.807, 2.05) is 98.8 Å². The van der Waals surface area contributed by atoms with Crippen LogP contribution in [0.3, 0.4) is 0 Å². The maximum absolute atomic E-state index is 14.0. The number of methoxy groups -OCH3 is 4. The molecule has 2 aromatic rings. The number of allylic oxidation sites excluding steroid dienone is 2. The Labute approximate surface area is 387 Å².